The summed E-state index contributed by atoms with van der Waals surface area (Å²) in [5.41, 5.74) is 5.82. The molecule has 230 valence electrons. The van der Waals surface area contributed by atoms with Gasteiger partial charge in [-0.1, -0.05) is 30.3 Å². The number of hydrogen-bond acceptors (Lipinski definition) is 8. The number of ether oxygens (including phenoxy) is 4. The maximum absolute atomic E-state index is 12.8. The average Bonchev–Trinajstić information content (AvgIpc) is 3.00. The number of thiocarbonyl (C=S) groups is 1. The van der Waals surface area contributed by atoms with E-state index in [0.29, 0.717) is 58.0 Å². The van der Waals surface area contributed by atoms with Gasteiger partial charge in [-0.2, -0.15) is 5.10 Å². The van der Waals surface area contributed by atoms with Crippen molar-refractivity contribution in [3.63, 3.8) is 0 Å². The van der Waals surface area contributed by atoms with E-state index in [-0.39, 0.29) is 13.2 Å². The minimum atomic E-state index is -0.622. The fourth-order valence-corrected chi connectivity index (χ4v) is 4.98. The molecule has 1 heterocycles. The highest BCUT2D eigenvalue weighted by Gasteiger charge is 2.32. The standard InChI is InChI=1S/C32H33IN4O6S/c1-4-40-27-16-22(12-15-26(27)42-18-21-10-13-23(33)14-11-21)17-34-37-28(38)19-43-25-9-7-6-8-24(25)30-29(31(39)41-5-2)20(3)35-32(44)36-30/h6-17,30H,4-5,18-19H2,1-3H3,(H,37,38)(H2,35,36,44)/t30-/m0/s1. The number of para-hydroxylation sites is 1. The minimum Gasteiger partial charge on any atom is -0.490 e. The van der Waals surface area contributed by atoms with Crippen LogP contribution < -0.4 is 30.3 Å². The monoisotopic (exact) mass is 728 g/mol. The summed E-state index contributed by atoms with van der Waals surface area (Å²) in [6, 6.07) is 20.0. The molecule has 3 N–H and O–H groups in total. The Morgan fingerprint density at radius 3 is 2.50 bits per heavy atom. The topological polar surface area (TPSA) is 120 Å². The van der Waals surface area contributed by atoms with Crippen LogP contribution in [-0.2, 0) is 20.9 Å². The molecule has 0 radical (unpaired) electrons. The largest absolute Gasteiger partial charge is 0.490 e. The van der Waals surface area contributed by atoms with Gasteiger partial charge >= 0.3 is 5.97 Å². The number of nitrogens with zero attached hydrogens (tertiary/aromatic N) is 1. The Labute approximate surface area is 275 Å². The number of benzene rings is 3. The molecule has 0 saturated heterocycles. The summed E-state index contributed by atoms with van der Waals surface area (Å²) in [5.74, 6) is 0.650. The van der Waals surface area contributed by atoms with Gasteiger partial charge in [-0.3, -0.25) is 4.79 Å². The quantitative estimate of drug-likeness (QED) is 0.0722. The first-order valence-corrected chi connectivity index (χ1v) is 15.4. The molecule has 4 rings (SSSR count). The van der Waals surface area contributed by atoms with E-state index in [9.17, 15) is 9.59 Å². The highest BCUT2D eigenvalue weighted by molar-refractivity contribution is 14.1. The van der Waals surface area contributed by atoms with Crippen LogP contribution in [0.25, 0.3) is 0 Å². The number of amides is 1. The Hall–Kier alpha value is -4.17. The number of allylic oxidation sites excluding steroid dienone is 1. The molecule has 12 heteroatoms. The van der Waals surface area contributed by atoms with Crippen LogP contribution in [-0.4, -0.2) is 43.0 Å². The molecule has 0 unspecified atom stereocenters. The second kappa shape index (κ2) is 16.1. The second-order valence-electron chi connectivity index (χ2n) is 9.46. The fourth-order valence-electron chi connectivity index (χ4n) is 4.35. The predicted octanol–water partition coefficient (Wildman–Crippen LogP) is 5.15. The van der Waals surface area contributed by atoms with Gasteiger partial charge in [0.25, 0.3) is 5.91 Å². The molecule has 0 saturated carbocycles. The molecule has 1 atom stereocenters. The third kappa shape index (κ3) is 8.92. The molecular formula is C32H33IN4O6S. The summed E-state index contributed by atoms with van der Waals surface area (Å²) in [6.45, 7) is 6.18. The van der Waals surface area contributed by atoms with Crippen molar-refractivity contribution in [1.29, 1.82) is 0 Å². The van der Waals surface area contributed by atoms with Crippen LogP contribution in [0.3, 0.4) is 0 Å². The van der Waals surface area contributed by atoms with Crippen molar-refractivity contribution in [1.82, 2.24) is 16.1 Å². The van der Waals surface area contributed by atoms with Crippen LogP contribution in [0.2, 0.25) is 0 Å². The van der Waals surface area contributed by atoms with Crippen molar-refractivity contribution in [3.05, 3.63) is 98.3 Å². The number of rotatable bonds is 13. The van der Waals surface area contributed by atoms with Crippen molar-refractivity contribution in [2.45, 2.75) is 33.4 Å². The van der Waals surface area contributed by atoms with Crippen molar-refractivity contribution in [3.8, 4) is 17.2 Å². The van der Waals surface area contributed by atoms with Gasteiger partial charge in [0.2, 0.25) is 0 Å². The van der Waals surface area contributed by atoms with E-state index in [2.05, 4.69) is 43.8 Å². The minimum absolute atomic E-state index is 0.226. The lowest BCUT2D eigenvalue weighted by molar-refractivity contribution is -0.139. The number of hydrazone groups is 1. The first-order valence-electron chi connectivity index (χ1n) is 13.9. The first-order chi connectivity index (χ1) is 21.3. The van der Waals surface area contributed by atoms with E-state index in [0.717, 1.165) is 9.13 Å². The number of hydrogen-bond donors (Lipinski definition) is 3. The molecule has 10 nitrogen and oxygen atoms in total. The highest BCUT2D eigenvalue weighted by Crippen LogP contribution is 2.33. The molecule has 44 heavy (non-hydrogen) atoms. The van der Waals surface area contributed by atoms with Crippen LogP contribution in [0.5, 0.6) is 17.2 Å². The van der Waals surface area contributed by atoms with Crippen LogP contribution in [0, 0.1) is 3.57 Å². The third-order valence-corrected chi connectivity index (χ3v) is 7.27. The van der Waals surface area contributed by atoms with Gasteiger partial charge in [-0.05, 0) is 103 Å². The van der Waals surface area contributed by atoms with E-state index < -0.39 is 17.9 Å². The molecule has 0 bridgehead atoms. The molecule has 1 aliphatic heterocycles. The number of halogens is 1. The van der Waals surface area contributed by atoms with E-state index in [1.54, 1.807) is 38.1 Å². The van der Waals surface area contributed by atoms with Crippen molar-refractivity contribution in [2.75, 3.05) is 19.8 Å². The Morgan fingerprint density at radius 1 is 0.977 bits per heavy atom. The SMILES string of the molecule is CCOC(=O)C1=C(C)NC(=S)N[C@H]1c1ccccc1OCC(=O)NN=Cc1ccc(OCc2ccc(I)cc2)c(OCC)c1. The lowest BCUT2D eigenvalue weighted by Gasteiger charge is -2.30. The molecule has 0 fully saturated rings. The van der Waals surface area contributed by atoms with Gasteiger partial charge in [-0.25, -0.2) is 10.2 Å². The third-order valence-electron chi connectivity index (χ3n) is 6.33. The number of carbonyl (C=O) groups excluding carboxylic acids is 2. The van der Waals surface area contributed by atoms with Gasteiger partial charge in [0.05, 0.1) is 31.0 Å². The summed E-state index contributed by atoms with van der Waals surface area (Å²) < 4.78 is 24.0. The zero-order valence-electron chi connectivity index (χ0n) is 24.5. The van der Waals surface area contributed by atoms with Gasteiger partial charge in [0, 0.05) is 14.8 Å². The molecule has 0 aliphatic carbocycles. The molecule has 1 amide bonds. The maximum atomic E-state index is 12.8. The van der Waals surface area contributed by atoms with Gasteiger partial charge in [0.15, 0.2) is 23.2 Å². The normalized spacial score (nSPS) is 14.5. The summed E-state index contributed by atoms with van der Waals surface area (Å²) in [7, 11) is 0. The van der Waals surface area contributed by atoms with E-state index in [1.165, 1.54) is 6.21 Å². The van der Waals surface area contributed by atoms with Gasteiger partial charge in [0.1, 0.15) is 12.4 Å². The number of carbonyl (C=O) groups is 2. The van der Waals surface area contributed by atoms with Gasteiger partial charge in [-0.15, -0.1) is 0 Å². The van der Waals surface area contributed by atoms with Crippen LogP contribution in [0.1, 0.15) is 43.5 Å². The smallest absolute Gasteiger partial charge is 0.338 e. The molecule has 1 aliphatic rings. The summed E-state index contributed by atoms with van der Waals surface area (Å²) in [4.78, 5) is 25.3. The molecular weight excluding hydrogens is 695 g/mol. The number of nitrogens with one attached hydrogen (secondary N) is 3. The lowest BCUT2D eigenvalue weighted by Crippen LogP contribution is -2.45. The van der Waals surface area contributed by atoms with Crippen molar-refractivity contribution in [2.24, 2.45) is 5.10 Å². The zero-order chi connectivity index (χ0) is 31.5. The van der Waals surface area contributed by atoms with Crippen LogP contribution >= 0.6 is 34.8 Å². The second-order valence-corrected chi connectivity index (χ2v) is 11.1. The average molecular weight is 729 g/mol. The molecule has 0 spiro atoms. The van der Waals surface area contributed by atoms with Gasteiger partial charge < -0.3 is 29.6 Å². The van der Waals surface area contributed by atoms with E-state index in [4.69, 9.17) is 31.2 Å². The Balaban J connectivity index is 1.38. The number of esters is 1. The zero-order valence-corrected chi connectivity index (χ0v) is 27.5. The Kier molecular flexibility index (Phi) is 11.9. The summed E-state index contributed by atoms with van der Waals surface area (Å²) in [5, 5.41) is 10.5. The van der Waals surface area contributed by atoms with E-state index in [1.807, 2.05) is 49.4 Å². The molecule has 3 aromatic carbocycles. The van der Waals surface area contributed by atoms with Crippen molar-refractivity contribution >= 4 is 58.0 Å². The highest BCUT2D eigenvalue weighted by atomic mass is 127. The van der Waals surface area contributed by atoms with Crippen molar-refractivity contribution < 1.29 is 28.5 Å². The molecule has 0 aromatic heterocycles. The predicted molar refractivity (Wildman–Crippen MR) is 180 cm³/mol. The Bertz CT molecular complexity index is 1560. The molecule has 3 aromatic rings. The fraction of sp³-hybridized carbons (Fsp3) is 0.250. The van der Waals surface area contributed by atoms with Crippen LogP contribution in [0.15, 0.2) is 83.1 Å². The summed E-state index contributed by atoms with van der Waals surface area (Å²) in [6.07, 6.45) is 1.51. The summed E-state index contributed by atoms with van der Waals surface area (Å²) >= 11 is 7.59. The van der Waals surface area contributed by atoms with E-state index >= 15 is 0 Å². The first kappa shape index (κ1) is 32.7. The lowest BCUT2D eigenvalue weighted by atomic mass is 9.95. The van der Waals surface area contributed by atoms with Crippen LogP contribution in [0.4, 0.5) is 0 Å². The Morgan fingerprint density at radius 2 is 1.75 bits per heavy atom. The maximum Gasteiger partial charge on any atom is 0.338 e.